The fourth-order valence-electron chi connectivity index (χ4n) is 10.2. The van der Waals surface area contributed by atoms with E-state index in [-0.39, 0.29) is 82.9 Å². The number of nitrogens with one attached hydrogen (secondary N) is 3. The van der Waals surface area contributed by atoms with Crippen molar-refractivity contribution < 1.29 is 52.4 Å². The molecule has 4 amide bonds. The van der Waals surface area contributed by atoms with Gasteiger partial charge in [0.15, 0.2) is 0 Å². The van der Waals surface area contributed by atoms with E-state index in [0.717, 1.165) is 54.0 Å². The van der Waals surface area contributed by atoms with Crippen molar-refractivity contribution in [3.05, 3.63) is 183 Å². The third kappa shape index (κ3) is 13.3. The monoisotopic (exact) mass is 1130 g/mol. The number of allylic oxidation sites excluding steroid dienone is 2. The molecule has 392 valence electrons. The molecular weight excluding hydrogens is 1070 g/mol. The van der Waals surface area contributed by atoms with Gasteiger partial charge < -0.3 is 49.3 Å². The van der Waals surface area contributed by atoms with Crippen LogP contribution in [0.2, 0.25) is 0 Å². The van der Waals surface area contributed by atoms with Gasteiger partial charge in [-0.1, -0.05) is 109 Å². The molecule has 8 rings (SSSR count). The van der Waals surface area contributed by atoms with Gasteiger partial charge in [0.05, 0.1) is 47.0 Å². The topological polar surface area (TPSA) is 180 Å². The smallest absolute Gasteiger partial charge is 0.407 e. The average molecular weight is 1130 g/mol. The maximum Gasteiger partial charge on any atom is 0.407 e. The summed E-state index contributed by atoms with van der Waals surface area (Å²) in [6.45, 7) is 0.521. The maximum atomic E-state index is 14.9. The zero-order valence-electron chi connectivity index (χ0n) is 42.3. The van der Waals surface area contributed by atoms with Gasteiger partial charge in [0, 0.05) is 48.3 Å². The van der Waals surface area contributed by atoms with Gasteiger partial charge in [-0.15, -0.1) is 0 Å². The van der Waals surface area contributed by atoms with Crippen molar-refractivity contribution in [1.29, 1.82) is 0 Å². The highest BCUT2D eigenvalue weighted by Gasteiger charge is 2.45. The summed E-state index contributed by atoms with van der Waals surface area (Å²) in [5.74, 6) is -0.827. The van der Waals surface area contributed by atoms with Crippen molar-refractivity contribution in [2.24, 2.45) is 5.92 Å². The van der Waals surface area contributed by atoms with Gasteiger partial charge in [-0.3, -0.25) is 19.2 Å². The third-order valence-electron chi connectivity index (χ3n) is 13.9. The molecule has 2 aliphatic carbocycles. The molecule has 75 heavy (non-hydrogen) atoms. The molecule has 3 aliphatic rings. The summed E-state index contributed by atoms with van der Waals surface area (Å²) in [6.07, 6.45) is 4.93. The summed E-state index contributed by atoms with van der Waals surface area (Å²) >= 11 is 2.19. The molecule has 1 heterocycles. The predicted molar refractivity (Wildman–Crippen MR) is 290 cm³/mol. The van der Waals surface area contributed by atoms with E-state index in [1.54, 1.807) is 14.2 Å². The molecule has 2 unspecified atom stereocenters. The SMILES string of the molecule is CNC(=O)CCC(=O)O[C@@H]1C[C@@H](C(=O)NCCOCCOC(c2ccccc2)(c2ccc(OC)cc2)C2C=CC(OC)=CC2)N(C(=O)[C@H](Cc2cccc(I)c2)NC(=O)OCC2c3ccccc3-c3ccccc32)C1. The number of halogens is 1. The van der Waals surface area contributed by atoms with E-state index < -0.39 is 47.7 Å². The van der Waals surface area contributed by atoms with Crippen molar-refractivity contribution in [2.75, 3.05) is 60.8 Å². The summed E-state index contributed by atoms with van der Waals surface area (Å²) in [5.41, 5.74) is 6.01. The first-order valence-electron chi connectivity index (χ1n) is 25.2. The number of ether oxygens (including phenoxy) is 6. The van der Waals surface area contributed by atoms with Crippen molar-refractivity contribution in [2.45, 2.75) is 61.8 Å². The summed E-state index contributed by atoms with van der Waals surface area (Å²) in [6, 6.07) is 39.3. The second kappa shape index (κ2) is 26.0. The van der Waals surface area contributed by atoms with E-state index in [4.69, 9.17) is 28.4 Å². The number of alkyl carbamates (subject to hydrolysis) is 1. The van der Waals surface area contributed by atoms with Gasteiger partial charge in [-0.2, -0.15) is 0 Å². The van der Waals surface area contributed by atoms with Crippen LogP contribution in [-0.2, 0) is 54.9 Å². The number of hydrogen-bond acceptors (Lipinski definition) is 11. The van der Waals surface area contributed by atoms with Crippen molar-refractivity contribution in [1.82, 2.24) is 20.9 Å². The zero-order valence-corrected chi connectivity index (χ0v) is 44.5. The average Bonchev–Trinajstić information content (AvgIpc) is 4.02. The zero-order chi connectivity index (χ0) is 52.7. The highest BCUT2D eigenvalue weighted by molar-refractivity contribution is 14.1. The van der Waals surface area contributed by atoms with Crippen molar-refractivity contribution in [3.8, 4) is 16.9 Å². The fraction of sp³-hybridized carbons (Fsp3) is 0.339. The van der Waals surface area contributed by atoms with Gasteiger partial charge in [-0.05, 0) is 104 Å². The van der Waals surface area contributed by atoms with Crippen molar-refractivity contribution >= 4 is 52.4 Å². The molecule has 0 spiro atoms. The van der Waals surface area contributed by atoms with E-state index in [1.165, 1.54) is 11.9 Å². The second-order valence-electron chi connectivity index (χ2n) is 18.5. The summed E-state index contributed by atoms with van der Waals surface area (Å²) in [7, 11) is 4.76. The molecule has 0 radical (unpaired) electrons. The standard InChI is InChI=1S/C59H63IN4O11/c1-61-54(65)28-29-55(66)75-46-36-53(56(67)62-30-31-72-32-33-74-59(40-13-5-4-6-14-40,41-20-24-44(70-2)25-21-41)42-22-26-45(71-3)27-23-42)64(37-46)57(68)52(35-39-12-11-15-43(60)34-39)63-58(69)73-38-51-49-18-9-7-16-47(49)48-17-8-10-19-50(48)51/h4-22,24-27,34,42,46,51-53H,23,28-33,35-38H2,1-3H3,(H,61,65)(H,62,67)(H,63,69)/t42?,46-,52+,53+,59?/m1/s1. The Bertz CT molecular complexity index is 2810. The Labute approximate surface area is 451 Å². The lowest BCUT2D eigenvalue weighted by molar-refractivity contribution is -0.150. The highest BCUT2D eigenvalue weighted by atomic mass is 127. The first-order chi connectivity index (χ1) is 36.5. The Morgan fingerprint density at radius 2 is 1.49 bits per heavy atom. The third-order valence-corrected chi connectivity index (χ3v) is 14.6. The van der Waals surface area contributed by atoms with Gasteiger partial charge in [0.1, 0.15) is 41.9 Å². The molecule has 1 saturated heterocycles. The van der Waals surface area contributed by atoms with E-state index >= 15 is 0 Å². The van der Waals surface area contributed by atoms with Crippen LogP contribution in [0.5, 0.6) is 5.75 Å². The lowest BCUT2D eigenvalue weighted by atomic mass is 9.73. The Balaban J connectivity index is 0.942. The Kier molecular flexibility index (Phi) is 18.8. The molecule has 3 N–H and O–H groups in total. The van der Waals surface area contributed by atoms with Crippen LogP contribution < -0.4 is 20.7 Å². The van der Waals surface area contributed by atoms with E-state index in [0.29, 0.717) is 6.42 Å². The van der Waals surface area contributed by atoms with Crippen LogP contribution in [0.15, 0.2) is 151 Å². The number of fused-ring (bicyclic) bond motifs is 3. The lowest BCUT2D eigenvalue weighted by Gasteiger charge is -2.41. The highest BCUT2D eigenvalue weighted by Crippen LogP contribution is 2.46. The number of esters is 1. The Morgan fingerprint density at radius 1 is 0.787 bits per heavy atom. The summed E-state index contributed by atoms with van der Waals surface area (Å²) < 4.78 is 36.7. The molecule has 5 atom stereocenters. The quantitative estimate of drug-likeness (QED) is 0.0328. The number of methoxy groups -OCH3 is 2. The molecular formula is C59H63IN4O11. The predicted octanol–water partition coefficient (Wildman–Crippen LogP) is 7.99. The molecule has 0 bridgehead atoms. The minimum Gasteiger partial charge on any atom is -0.497 e. The van der Waals surface area contributed by atoms with Gasteiger partial charge >= 0.3 is 12.1 Å². The number of carbonyl (C=O) groups is 5. The number of benzene rings is 5. The summed E-state index contributed by atoms with van der Waals surface area (Å²) in [5, 5.41) is 8.25. The number of amides is 4. The Morgan fingerprint density at radius 3 is 2.16 bits per heavy atom. The molecule has 15 nitrogen and oxygen atoms in total. The minimum absolute atomic E-state index is 0.0114. The maximum absolute atomic E-state index is 14.9. The van der Waals surface area contributed by atoms with E-state index in [9.17, 15) is 24.0 Å². The van der Waals surface area contributed by atoms with Crippen LogP contribution in [0.4, 0.5) is 4.79 Å². The first-order valence-corrected chi connectivity index (χ1v) is 26.3. The number of rotatable bonds is 23. The van der Waals surface area contributed by atoms with Crippen LogP contribution in [0, 0.1) is 9.49 Å². The normalized spacial score (nSPS) is 17.8. The molecule has 1 fully saturated rings. The van der Waals surface area contributed by atoms with Crippen LogP contribution >= 0.6 is 22.6 Å². The van der Waals surface area contributed by atoms with Gasteiger partial charge in [-0.25, -0.2) is 4.79 Å². The molecule has 0 saturated carbocycles. The fourth-order valence-corrected chi connectivity index (χ4v) is 10.8. The van der Waals surface area contributed by atoms with Gasteiger partial charge in [0.25, 0.3) is 0 Å². The lowest BCUT2D eigenvalue weighted by Crippen LogP contribution is -2.54. The number of carbonyl (C=O) groups excluding carboxylic acids is 5. The molecule has 5 aromatic carbocycles. The molecule has 1 aliphatic heterocycles. The molecule has 5 aromatic rings. The number of hydrogen-bond donors (Lipinski definition) is 3. The van der Waals surface area contributed by atoms with Crippen LogP contribution in [0.25, 0.3) is 11.1 Å². The molecule has 16 heteroatoms. The number of likely N-dealkylation sites (tertiary alicyclic amines) is 1. The van der Waals surface area contributed by atoms with Crippen molar-refractivity contribution in [3.63, 3.8) is 0 Å². The number of nitrogens with zero attached hydrogens (tertiary/aromatic N) is 1. The van der Waals surface area contributed by atoms with E-state index in [2.05, 4.69) is 75.0 Å². The van der Waals surface area contributed by atoms with Crippen LogP contribution in [-0.4, -0.2) is 114 Å². The van der Waals surface area contributed by atoms with Crippen LogP contribution in [0.3, 0.4) is 0 Å². The van der Waals surface area contributed by atoms with Crippen LogP contribution in [0.1, 0.15) is 59.4 Å². The Hall–Kier alpha value is -7.02. The van der Waals surface area contributed by atoms with Gasteiger partial charge in [0.2, 0.25) is 17.7 Å². The second-order valence-corrected chi connectivity index (χ2v) is 19.7. The molecule has 0 aromatic heterocycles. The largest absolute Gasteiger partial charge is 0.497 e. The minimum atomic E-state index is -1.16. The summed E-state index contributed by atoms with van der Waals surface area (Å²) in [4.78, 5) is 69.3. The first kappa shape index (κ1) is 54.2. The van der Waals surface area contributed by atoms with E-state index in [1.807, 2.05) is 109 Å².